The minimum Gasteiger partial charge on any atom is -0.493 e. The Kier molecular flexibility index (Phi) is 2.06. The van der Waals surface area contributed by atoms with E-state index in [2.05, 4.69) is 10.0 Å². The number of nitrogens with zero attached hydrogens (tertiary/aromatic N) is 3. The van der Waals surface area contributed by atoms with Gasteiger partial charge >= 0.3 is 0 Å². The van der Waals surface area contributed by atoms with Crippen LogP contribution in [0, 0.1) is 0 Å². The largest absolute Gasteiger partial charge is 0.493 e. The third kappa shape index (κ3) is 1.58. The maximum absolute atomic E-state index is 8.15. The molecule has 1 aromatic rings. The topological polar surface area (TPSA) is 58.0 Å². The lowest BCUT2D eigenvalue weighted by Gasteiger charge is -2.00. The highest BCUT2D eigenvalue weighted by Crippen LogP contribution is 2.25. The lowest BCUT2D eigenvalue weighted by atomic mass is 10.1. The van der Waals surface area contributed by atoms with E-state index in [1.165, 1.54) is 5.56 Å². The van der Waals surface area contributed by atoms with Gasteiger partial charge in [0.2, 0.25) is 0 Å². The molecule has 0 N–H and O–H groups in total. The Balaban J connectivity index is 2.25. The molecule has 0 atom stereocenters. The molecule has 66 valence electrons. The second-order valence-corrected chi connectivity index (χ2v) is 2.93. The first kappa shape index (κ1) is 7.95. The quantitative estimate of drug-likeness (QED) is 0.387. The number of azide groups is 1. The monoisotopic (exact) mass is 175 g/mol. The average Bonchev–Trinajstić information content (AvgIpc) is 2.61. The molecule has 1 heterocycles. The first-order valence-corrected chi connectivity index (χ1v) is 4.15. The molecular formula is C9H9N3O. The van der Waals surface area contributed by atoms with Crippen LogP contribution in [-0.2, 0) is 13.0 Å². The molecule has 4 heteroatoms. The summed E-state index contributed by atoms with van der Waals surface area (Å²) in [7, 11) is 0. The number of rotatable bonds is 2. The number of benzene rings is 1. The molecule has 0 bridgehead atoms. The van der Waals surface area contributed by atoms with Crippen molar-refractivity contribution < 1.29 is 4.74 Å². The summed E-state index contributed by atoms with van der Waals surface area (Å²) in [5, 5.41) is 3.51. The normalized spacial score (nSPS) is 12.9. The Morgan fingerprint density at radius 1 is 1.54 bits per heavy atom. The van der Waals surface area contributed by atoms with Crippen LogP contribution in [0.5, 0.6) is 5.75 Å². The van der Waals surface area contributed by atoms with Crippen molar-refractivity contribution in [1.29, 1.82) is 0 Å². The van der Waals surface area contributed by atoms with E-state index in [1.807, 2.05) is 18.2 Å². The smallest absolute Gasteiger partial charge is 0.122 e. The third-order valence-corrected chi connectivity index (χ3v) is 2.07. The summed E-state index contributed by atoms with van der Waals surface area (Å²) in [5.74, 6) is 0.963. The van der Waals surface area contributed by atoms with E-state index in [0.717, 1.165) is 24.3 Å². The molecule has 13 heavy (non-hydrogen) atoms. The first-order valence-electron chi connectivity index (χ1n) is 4.15. The van der Waals surface area contributed by atoms with E-state index in [4.69, 9.17) is 10.3 Å². The second kappa shape index (κ2) is 3.37. The fourth-order valence-electron chi connectivity index (χ4n) is 1.45. The van der Waals surface area contributed by atoms with Crippen molar-refractivity contribution in [2.75, 3.05) is 6.61 Å². The fourth-order valence-corrected chi connectivity index (χ4v) is 1.45. The third-order valence-electron chi connectivity index (χ3n) is 2.07. The van der Waals surface area contributed by atoms with Gasteiger partial charge < -0.3 is 4.74 Å². The highest BCUT2D eigenvalue weighted by Gasteiger charge is 2.11. The van der Waals surface area contributed by atoms with Gasteiger partial charge in [-0.05, 0) is 22.7 Å². The van der Waals surface area contributed by atoms with Crippen LogP contribution >= 0.6 is 0 Å². The predicted molar refractivity (Wildman–Crippen MR) is 48.5 cm³/mol. The molecule has 1 aliphatic heterocycles. The van der Waals surface area contributed by atoms with Crippen LogP contribution in [0.2, 0.25) is 0 Å². The highest BCUT2D eigenvalue weighted by molar-refractivity contribution is 5.39. The van der Waals surface area contributed by atoms with E-state index in [-0.39, 0.29) is 0 Å². The molecule has 0 unspecified atom stereocenters. The van der Waals surface area contributed by atoms with Crippen LogP contribution in [-0.4, -0.2) is 6.61 Å². The van der Waals surface area contributed by atoms with Crippen LogP contribution in [0.1, 0.15) is 11.1 Å². The number of hydrogen-bond acceptors (Lipinski definition) is 2. The maximum atomic E-state index is 8.15. The average molecular weight is 175 g/mol. The van der Waals surface area contributed by atoms with E-state index < -0.39 is 0 Å². The Labute approximate surface area is 75.8 Å². The Bertz CT molecular complexity index is 369. The van der Waals surface area contributed by atoms with Gasteiger partial charge in [0, 0.05) is 11.3 Å². The summed E-state index contributed by atoms with van der Waals surface area (Å²) in [6, 6.07) is 5.90. The van der Waals surface area contributed by atoms with Crippen molar-refractivity contribution in [3.05, 3.63) is 39.8 Å². The molecule has 0 amide bonds. The van der Waals surface area contributed by atoms with E-state index in [1.54, 1.807) is 0 Å². The molecule has 2 rings (SSSR count). The van der Waals surface area contributed by atoms with Crippen molar-refractivity contribution in [2.24, 2.45) is 5.11 Å². The van der Waals surface area contributed by atoms with Crippen LogP contribution in [0.4, 0.5) is 0 Å². The summed E-state index contributed by atoms with van der Waals surface area (Å²) in [6.07, 6.45) is 0.958. The zero-order valence-corrected chi connectivity index (χ0v) is 7.10. The molecule has 4 nitrogen and oxygen atoms in total. The fraction of sp³-hybridized carbons (Fsp3) is 0.333. The van der Waals surface area contributed by atoms with Gasteiger partial charge in [0.25, 0.3) is 0 Å². The van der Waals surface area contributed by atoms with Crippen LogP contribution in [0.15, 0.2) is 23.3 Å². The summed E-state index contributed by atoms with van der Waals surface area (Å²) < 4.78 is 5.35. The standard InChI is InChI=1S/C9H9N3O/c10-12-11-6-7-1-2-9-8(5-7)3-4-13-9/h1-2,5H,3-4,6H2. The van der Waals surface area contributed by atoms with Crippen LogP contribution in [0.3, 0.4) is 0 Å². The molecule has 1 aromatic carbocycles. The van der Waals surface area contributed by atoms with Gasteiger partial charge in [-0.3, -0.25) is 0 Å². The van der Waals surface area contributed by atoms with E-state index >= 15 is 0 Å². The molecule has 0 saturated heterocycles. The molecule has 0 fully saturated rings. The van der Waals surface area contributed by atoms with Crippen molar-refractivity contribution in [3.63, 3.8) is 0 Å². The summed E-state index contributed by atoms with van der Waals surface area (Å²) >= 11 is 0. The molecule has 0 spiro atoms. The van der Waals surface area contributed by atoms with Gasteiger partial charge in [0.15, 0.2) is 0 Å². The minimum atomic E-state index is 0.420. The van der Waals surface area contributed by atoms with Gasteiger partial charge in [0.05, 0.1) is 13.2 Å². The zero-order valence-electron chi connectivity index (χ0n) is 7.10. The Morgan fingerprint density at radius 3 is 3.31 bits per heavy atom. The van der Waals surface area contributed by atoms with E-state index in [9.17, 15) is 0 Å². The summed E-state index contributed by atoms with van der Waals surface area (Å²) in [6.45, 7) is 1.18. The minimum absolute atomic E-state index is 0.420. The second-order valence-electron chi connectivity index (χ2n) is 2.93. The van der Waals surface area contributed by atoms with Gasteiger partial charge in [-0.2, -0.15) is 0 Å². The van der Waals surface area contributed by atoms with Gasteiger partial charge in [-0.1, -0.05) is 17.2 Å². The van der Waals surface area contributed by atoms with Gasteiger partial charge in [0.1, 0.15) is 5.75 Å². The lowest BCUT2D eigenvalue weighted by molar-refractivity contribution is 0.357. The molecule has 0 aromatic heterocycles. The molecular weight excluding hydrogens is 166 g/mol. The molecule has 0 aliphatic carbocycles. The lowest BCUT2D eigenvalue weighted by Crippen LogP contribution is -1.85. The summed E-state index contributed by atoms with van der Waals surface area (Å²) in [5.41, 5.74) is 10.4. The predicted octanol–water partition coefficient (Wildman–Crippen LogP) is 2.43. The first-order chi connectivity index (χ1) is 6.40. The van der Waals surface area contributed by atoms with Crippen LogP contribution in [0.25, 0.3) is 10.4 Å². The van der Waals surface area contributed by atoms with E-state index in [0.29, 0.717) is 6.54 Å². The Hall–Kier alpha value is -1.67. The number of fused-ring (bicyclic) bond motifs is 1. The van der Waals surface area contributed by atoms with Crippen molar-refractivity contribution in [3.8, 4) is 5.75 Å². The zero-order chi connectivity index (χ0) is 9.10. The van der Waals surface area contributed by atoms with Gasteiger partial charge in [-0.25, -0.2) is 0 Å². The Morgan fingerprint density at radius 2 is 2.46 bits per heavy atom. The highest BCUT2D eigenvalue weighted by atomic mass is 16.5. The van der Waals surface area contributed by atoms with Crippen LogP contribution < -0.4 is 4.74 Å². The van der Waals surface area contributed by atoms with Crippen molar-refractivity contribution in [2.45, 2.75) is 13.0 Å². The molecule has 1 aliphatic rings. The number of ether oxygens (including phenoxy) is 1. The summed E-state index contributed by atoms with van der Waals surface area (Å²) in [4.78, 5) is 2.72. The molecule has 0 radical (unpaired) electrons. The molecule has 0 saturated carbocycles. The van der Waals surface area contributed by atoms with Gasteiger partial charge in [-0.15, -0.1) is 0 Å². The maximum Gasteiger partial charge on any atom is 0.122 e. The van der Waals surface area contributed by atoms with Crippen molar-refractivity contribution >= 4 is 0 Å². The van der Waals surface area contributed by atoms with Crippen molar-refractivity contribution in [1.82, 2.24) is 0 Å². The number of hydrogen-bond donors (Lipinski definition) is 0. The SMILES string of the molecule is [N-]=[N+]=NCc1ccc2c(c1)CCO2.